The van der Waals surface area contributed by atoms with E-state index < -0.39 is 0 Å². The van der Waals surface area contributed by atoms with E-state index in [9.17, 15) is 4.79 Å². The standard InChI is InChI=1S/C22H31NO2.C7H8.C5H12NO.C2H6/c1-23-17-9-4-2-3-5-10-18-24-21-13-15-22(16-14-21)25-19-20-11-7-6-8-12-20;1-7-5-3-2-4-6-7;1-6(2,3)4-5-7;1-2/h6-8,11-16,23H,2-5,9-10,17-19H2,1H3;2-6H,1H3;5H,4H2,1-3H3;1-2H3/q;;+1;. The summed E-state index contributed by atoms with van der Waals surface area (Å²) in [5.41, 5.74) is 2.50. The van der Waals surface area contributed by atoms with Gasteiger partial charge in [0, 0.05) is 0 Å². The molecule has 5 heteroatoms. The lowest BCUT2D eigenvalue weighted by molar-refractivity contribution is -0.861. The minimum absolute atomic E-state index is 0.593. The quantitative estimate of drug-likeness (QED) is 0.115. The summed E-state index contributed by atoms with van der Waals surface area (Å²) in [4.78, 5) is 9.80. The fraction of sp³-hybridized carbons (Fsp3) is 0.472. The van der Waals surface area contributed by atoms with Gasteiger partial charge in [-0.15, -0.1) is 0 Å². The number of carbonyl (C=O) groups excluding carboxylic acids is 1. The van der Waals surface area contributed by atoms with Crippen LogP contribution in [0.5, 0.6) is 11.5 Å². The highest BCUT2D eigenvalue weighted by atomic mass is 16.5. The molecule has 0 atom stereocenters. The zero-order valence-corrected chi connectivity index (χ0v) is 26.9. The average molecular weight is 566 g/mol. The number of quaternary nitrogens is 1. The van der Waals surface area contributed by atoms with Crippen molar-refractivity contribution >= 4 is 6.29 Å². The van der Waals surface area contributed by atoms with Crippen molar-refractivity contribution in [3.05, 3.63) is 96.1 Å². The molecule has 41 heavy (non-hydrogen) atoms. The molecule has 0 aliphatic carbocycles. The number of unbranched alkanes of at least 4 members (excludes halogenated alkanes) is 5. The number of benzene rings is 3. The second kappa shape index (κ2) is 25.8. The Morgan fingerprint density at radius 2 is 1.17 bits per heavy atom. The van der Waals surface area contributed by atoms with Crippen molar-refractivity contribution in [3.8, 4) is 11.5 Å². The van der Waals surface area contributed by atoms with Crippen molar-refractivity contribution in [1.82, 2.24) is 5.32 Å². The molecule has 0 aromatic heterocycles. The fourth-order valence-corrected chi connectivity index (χ4v) is 3.43. The number of rotatable bonds is 15. The van der Waals surface area contributed by atoms with Crippen LogP contribution in [0.15, 0.2) is 84.9 Å². The van der Waals surface area contributed by atoms with Gasteiger partial charge in [0.2, 0.25) is 0 Å². The number of hydrogen-bond donors (Lipinski definition) is 1. The van der Waals surface area contributed by atoms with Crippen molar-refractivity contribution in [2.24, 2.45) is 0 Å². The average Bonchev–Trinajstić information content (AvgIpc) is 2.98. The number of likely N-dealkylation sites (N-methyl/N-ethyl adjacent to an activating group) is 1. The van der Waals surface area contributed by atoms with Gasteiger partial charge in [0.1, 0.15) is 24.7 Å². The Hall–Kier alpha value is -3.15. The van der Waals surface area contributed by atoms with Gasteiger partial charge in [-0.2, -0.15) is 0 Å². The maximum absolute atomic E-state index is 9.80. The van der Waals surface area contributed by atoms with Crippen LogP contribution >= 0.6 is 0 Å². The molecule has 3 aromatic carbocycles. The number of aldehydes is 1. The summed E-state index contributed by atoms with van der Waals surface area (Å²) in [6.07, 6.45) is 8.54. The first-order valence-electron chi connectivity index (χ1n) is 15.1. The van der Waals surface area contributed by atoms with E-state index in [-0.39, 0.29) is 0 Å². The summed E-state index contributed by atoms with van der Waals surface area (Å²) in [6.45, 7) is 9.20. The lowest BCUT2D eigenvalue weighted by atomic mass is 10.1. The molecular formula is C36H57N2O3+. The van der Waals surface area contributed by atoms with Gasteiger partial charge in [-0.05, 0) is 63.2 Å². The molecule has 0 aliphatic heterocycles. The highest BCUT2D eigenvalue weighted by Gasteiger charge is 2.02. The molecule has 0 spiro atoms. The van der Waals surface area contributed by atoms with E-state index in [4.69, 9.17) is 9.47 Å². The molecule has 228 valence electrons. The molecule has 0 amide bonds. The van der Waals surface area contributed by atoms with Gasteiger partial charge in [-0.3, -0.25) is 4.79 Å². The number of ether oxygens (including phenoxy) is 2. The molecule has 0 unspecified atom stereocenters. The predicted octanol–water partition coefficient (Wildman–Crippen LogP) is 8.12. The summed E-state index contributed by atoms with van der Waals surface area (Å²) in [7, 11) is 7.95. The van der Waals surface area contributed by atoms with E-state index in [1.807, 2.05) is 103 Å². The van der Waals surface area contributed by atoms with Crippen molar-refractivity contribution in [2.45, 2.75) is 65.9 Å². The highest BCUT2D eigenvalue weighted by molar-refractivity contribution is 5.50. The summed E-state index contributed by atoms with van der Waals surface area (Å²) >= 11 is 0. The first-order chi connectivity index (χ1) is 19.8. The molecular weight excluding hydrogens is 508 g/mol. The maximum Gasteiger partial charge on any atom is 0.174 e. The lowest BCUT2D eigenvalue weighted by Crippen LogP contribution is -2.35. The van der Waals surface area contributed by atoms with E-state index in [1.165, 1.54) is 43.2 Å². The second-order valence-electron chi connectivity index (χ2n) is 10.6. The SMILES string of the molecule is CC.CNCCCCCCCCOc1ccc(OCc2ccccc2)cc1.C[N+](C)(C)CC=O.Cc1ccccc1. The Bertz CT molecular complexity index is 956. The molecule has 0 heterocycles. The summed E-state index contributed by atoms with van der Waals surface area (Å²) in [5.74, 6) is 1.79. The molecule has 0 radical (unpaired) electrons. The van der Waals surface area contributed by atoms with Crippen LogP contribution in [0.1, 0.15) is 63.5 Å². The molecule has 0 saturated heterocycles. The highest BCUT2D eigenvalue weighted by Crippen LogP contribution is 2.19. The normalized spacial score (nSPS) is 10.0. The predicted molar refractivity (Wildman–Crippen MR) is 176 cm³/mol. The Balaban J connectivity index is 0.000000813. The monoisotopic (exact) mass is 565 g/mol. The van der Waals surface area contributed by atoms with Crippen LogP contribution in [0, 0.1) is 6.92 Å². The molecule has 3 rings (SSSR count). The minimum Gasteiger partial charge on any atom is -0.494 e. The molecule has 0 fully saturated rings. The lowest BCUT2D eigenvalue weighted by Gasteiger charge is -2.19. The third-order valence-corrected chi connectivity index (χ3v) is 5.72. The van der Waals surface area contributed by atoms with Crippen LogP contribution in [0.2, 0.25) is 0 Å². The first kappa shape index (κ1) is 37.9. The van der Waals surface area contributed by atoms with Crippen LogP contribution < -0.4 is 14.8 Å². The fourth-order valence-electron chi connectivity index (χ4n) is 3.43. The molecule has 5 nitrogen and oxygen atoms in total. The van der Waals surface area contributed by atoms with E-state index in [0.717, 1.165) is 41.8 Å². The number of carbonyl (C=O) groups is 1. The second-order valence-corrected chi connectivity index (χ2v) is 10.6. The molecule has 1 N–H and O–H groups in total. The van der Waals surface area contributed by atoms with Gasteiger partial charge >= 0.3 is 0 Å². The first-order valence-corrected chi connectivity index (χ1v) is 15.1. The molecule has 3 aromatic rings. The van der Waals surface area contributed by atoms with Crippen molar-refractivity contribution in [2.75, 3.05) is 47.9 Å². The van der Waals surface area contributed by atoms with Gasteiger partial charge in [-0.25, -0.2) is 0 Å². The van der Waals surface area contributed by atoms with Crippen LogP contribution in [-0.2, 0) is 11.4 Å². The van der Waals surface area contributed by atoms with Crippen LogP contribution in [0.3, 0.4) is 0 Å². The number of hydrogen-bond acceptors (Lipinski definition) is 4. The summed E-state index contributed by atoms with van der Waals surface area (Å²) in [5, 5.41) is 3.19. The van der Waals surface area contributed by atoms with E-state index >= 15 is 0 Å². The Morgan fingerprint density at radius 1 is 0.683 bits per heavy atom. The minimum atomic E-state index is 0.593. The van der Waals surface area contributed by atoms with Crippen molar-refractivity contribution < 1.29 is 18.8 Å². The van der Waals surface area contributed by atoms with Crippen LogP contribution in [0.4, 0.5) is 0 Å². The van der Waals surface area contributed by atoms with Gasteiger partial charge in [0.25, 0.3) is 0 Å². The maximum atomic E-state index is 9.80. The van der Waals surface area contributed by atoms with Gasteiger partial charge < -0.3 is 19.3 Å². The van der Waals surface area contributed by atoms with E-state index in [0.29, 0.717) is 13.2 Å². The van der Waals surface area contributed by atoms with Gasteiger partial charge in [-0.1, -0.05) is 106 Å². The third kappa shape index (κ3) is 24.4. The Kier molecular flexibility index (Phi) is 23.8. The van der Waals surface area contributed by atoms with Crippen LogP contribution in [0.25, 0.3) is 0 Å². The van der Waals surface area contributed by atoms with Crippen molar-refractivity contribution in [3.63, 3.8) is 0 Å². The third-order valence-electron chi connectivity index (χ3n) is 5.72. The zero-order valence-electron chi connectivity index (χ0n) is 26.9. The van der Waals surface area contributed by atoms with E-state index in [1.54, 1.807) is 0 Å². The topological polar surface area (TPSA) is 47.6 Å². The smallest absolute Gasteiger partial charge is 0.174 e. The molecule has 0 bridgehead atoms. The number of nitrogens with one attached hydrogen (secondary N) is 1. The molecule has 0 aliphatic rings. The van der Waals surface area contributed by atoms with Gasteiger partial charge in [0.05, 0.1) is 27.7 Å². The number of aryl methyl sites for hydroxylation is 1. The Morgan fingerprint density at radius 3 is 1.61 bits per heavy atom. The van der Waals surface area contributed by atoms with Gasteiger partial charge in [0.15, 0.2) is 6.29 Å². The summed E-state index contributed by atoms with van der Waals surface area (Å²) < 4.78 is 12.3. The van der Waals surface area contributed by atoms with E-state index in [2.05, 4.69) is 36.5 Å². The molecule has 0 saturated carbocycles. The number of nitrogens with zero attached hydrogens (tertiary/aromatic N) is 1. The Labute approximate surface area is 251 Å². The largest absolute Gasteiger partial charge is 0.494 e. The van der Waals surface area contributed by atoms with Crippen LogP contribution in [-0.4, -0.2) is 58.7 Å². The van der Waals surface area contributed by atoms with Crippen molar-refractivity contribution in [1.29, 1.82) is 0 Å². The zero-order chi connectivity index (χ0) is 30.6. The summed E-state index contributed by atoms with van der Waals surface area (Å²) in [6, 6.07) is 28.4.